The molecule has 1 aliphatic heterocycles. The Morgan fingerprint density at radius 2 is 1.55 bits per heavy atom. The predicted octanol–water partition coefficient (Wildman–Crippen LogP) is 4.76. The van der Waals surface area contributed by atoms with Gasteiger partial charge < -0.3 is 14.4 Å². The first-order chi connectivity index (χ1) is 16.0. The van der Waals surface area contributed by atoms with Crippen molar-refractivity contribution in [3.05, 3.63) is 60.2 Å². The Morgan fingerprint density at radius 3 is 2.09 bits per heavy atom. The summed E-state index contributed by atoms with van der Waals surface area (Å²) in [5.74, 6) is -1.75. The van der Waals surface area contributed by atoms with Crippen molar-refractivity contribution in [2.75, 3.05) is 26.8 Å². The maximum absolute atomic E-state index is 13.6. The lowest BCUT2D eigenvalue weighted by Crippen LogP contribution is -2.43. The number of piperidine rings is 1. The van der Waals surface area contributed by atoms with E-state index in [-0.39, 0.29) is 30.8 Å². The molecule has 0 aliphatic carbocycles. The average Bonchev–Trinajstić information content (AvgIpc) is 2.86. The summed E-state index contributed by atoms with van der Waals surface area (Å²) in [6.07, 6.45) is 0.932. The summed E-state index contributed by atoms with van der Waals surface area (Å²) in [5.41, 5.74) is 0.988. The van der Waals surface area contributed by atoms with Crippen LogP contribution in [0, 0.1) is 11.8 Å². The van der Waals surface area contributed by atoms with Gasteiger partial charge in [0.1, 0.15) is 5.92 Å². The van der Waals surface area contributed by atoms with Gasteiger partial charge in [0.2, 0.25) is 0 Å². The van der Waals surface area contributed by atoms with Crippen LogP contribution in [-0.2, 0) is 25.5 Å². The number of hydrogen-bond donors (Lipinski definition) is 0. The lowest BCUT2D eigenvalue weighted by atomic mass is 9.81. The highest BCUT2D eigenvalue weighted by molar-refractivity contribution is 6.05. The zero-order valence-corrected chi connectivity index (χ0v) is 19.1. The van der Waals surface area contributed by atoms with Crippen LogP contribution in [0.2, 0.25) is 0 Å². The zero-order valence-electron chi connectivity index (χ0n) is 19.1. The highest BCUT2D eigenvalue weighted by atomic mass is 16.5. The summed E-state index contributed by atoms with van der Waals surface area (Å²) in [7, 11) is 1.35. The molecular weight excluding hydrogens is 418 g/mol. The number of rotatable bonds is 6. The van der Waals surface area contributed by atoms with Crippen molar-refractivity contribution >= 4 is 39.4 Å². The van der Waals surface area contributed by atoms with Crippen molar-refractivity contribution in [2.45, 2.75) is 26.2 Å². The number of methoxy groups -OCH3 is 1. The van der Waals surface area contributed by atoms with Crippen molar-refractivity contribution in [3.8, 4) is 0 Å². The fourth-order valence-electron chi connectivity index (χ4n) is 4.84. The predicted molar refractivity (Wildman–Crippen MR) is 127 cm³/mol. The first-order valence-electron chi connectivity index (χ1n) is 11.5. The number of likely N-dealkylation sites (tertiary alicyclic amines) is 1. The quantitative estimate of drug-likeness (QED) is 0.309. The van der Waals surface area contributed by atoms with Crippen LogP contribution in [0.1, 0.15) is 25.3 Å². The van der Waals surface area contributed by atoms with Gasteiger partial charge >= 0.3 is 12.1 Å². The number of benzene rings is 3. The fraction of sp³-hybridized carbons (Fsp3) is 0.370. The Morgan fingerprint density at radius 1 is 0.970 bits per heavy atom. The van der Waals surface area contributed by atoms with Crippen LogP contribution in [0.4, 0.5) is 4.79 Å². The van der Waals surface area contributed by atoms with Gasteiger partial charge in [0.25, 0.3) is 0 Å². The van der Waals surface area contributed by atoms with Crippen molar-refractivity contribution in [3.63, 3.8) is 0 Å². The van der Waals surface area contributed by atoms with E-state index >= 15 is 0 Å². The number of carbonyl (C=O) groups is 3. The standard InChI is InChI=1S/C27H29NO5/c1-3-33-26(30)24(25(29)18-12-14-28(15-13-18)27(31)32-2)17-23-21-10-6-4-8-19(21)16-20-9-5-7-11-22(20)23/h4-11,16,18,24H,3,12-15,17H2,1-2H3. The summed E-state index contributed by atoms with van der Waals surface area (Å²) >= 11 is 0. The molecule has 1 unspecified atom stereocenters. The van der Waals surface area contributed by atoms with E-state index in [0.717, 1.165) is 27.1 Å². The third kappa shape index (κ3) is 4.70. The Balaban J connectivity index is 1.68. The van der Waals surface area contributed by atoms with Gasteiger partial charge in [-0.1, -0.05) is 48.5 Å². The van der Waals surface area contributed by atoms with Gasteiger partial charge in [0.15, 0.2) is 5.78 Å². The second kappa shape index (κ2) is 10.0. The number of amides is 1. The van der Waals surface area contributed by atoms with Crippen LogP contribution in [0.15, 0.2) is 54.6 Å². The zero-order chi connectivity index (χ0) is 23.4. The molecule has 1 aliphatic rings. The summed E-state index contributed by atoms with van der Waals surface area (Å²) in [4.78, 5) is 40.0. The number of ether oxygens (including phenoxy) is 2. The average molecular weight is 448 g/mol. The third-order valence-electron chi connectivity index (χ3n) is 6.54. The molecule has 33 heavy (non-hydrogen) atoms. The maximum atomic E-state index is 13.6. The van der Waals surface area contributed by atoms with Crippen molar-refractivity contribution in [1.29, 1.82) is 0 Å². The van der Waals surface area contributed by atoms with Gasteiger partial charge in [0.05, 0.1) is 13.7 Å². The summed E-state index contributed by atoms with van der Waals surface area (Å²) < 4.78 is 10.1. The number of fused-ring (bicyclic) bond motifs is 2. The molecule has 1 atom stereocenters. The summed E-state index contributed by atoms with van der Waals surface area (Å²) in [5, 5.41) is 4.23. The molecule has 0 spiro atoms. The highest BCUT2D eigenvalue weighted by Crippen LogP contribution is 2.32. The van der Waals surface area contributed by atoms with Crippen LogP contribution in [0.3, 0.4) is 0 Å². The van der Waals surface area contributed by atoms with E-state index in [1.807, 2.05) is 36.4 Å². The Kier molecular flexibility index (Phi) is 6.92. The van der Waals surface area contributed by atoms with Crippen molar-refractivity contribution in [1.82, 2.24) is 4.90 Å². The third-order valence-corrected chi connectivity index (χ3v) is 6.54. The molecule has 1 fully saturated rings. The molecule has 0 aromatic heterocycles. The number of Topliss-reactive ketones (excluding diaryl/α,β-unsaturated/α-hetero) is 1. The topological polar surface area (TPSA) is 72.9 Å². The van der Waals surface area contributed by atoms with Crippen LogP contribution in [0.25, 0.3) is 21.5 Å². The molecule has 4 rings (SSSR count). The number of nitrogens with zero attached hydrogens (tertiary/aromatic N) is 1. The van der Waals surface area contributed by atoms with E-state index < -0.39 is 11.9 Å². The van der Waals surface area contributed by atoms with Crippen LogP contribution < -0.4 is 0 Å². The Labute approximate surface area is 193 Å². The molecule has 6 nitrogen and oxygen atoms in total. The molecule has 0 saturated carbocycles. The van der Waals surface area contributed by atoms with Crippen LogP contribution in [-0.4, -0.2) is 49.6 Å². The van der Waals surface area contributed by atoms with Gasteiger partial charge in [-0.2, -0.15) is 0 Å². The maximum Gasteiger partial charge on any atom is 0.409 e. The van der Waals surface area contributed by atoms with Gasteiger partial charge in [-0.3, -0.25) is 9.59 Å². The van der Waals surface area contributed by atoms with Gasteiger partial charge in [-0.05, 0) is 59.4 Å². The molecular formula is C27H29NO5. The van der Waals surface area contributed by atoms with E-state index in [1.165, 1.54) is 7.11 Å². The molecule has 0 radical (unpaired) electrons. The Hall–Kier alpha value is -3.41. The van der Waals surface area contributed by atoms with E-state index in [4.69, 9.17) is 9.47 Å². The minimum Gasteiger partial charge on any atom is -0.465 e. The second-order valence-corrected chi connectivity index (χ2v) is 8.44. The van der Waals surface area contributed by atoms with E-state index in [0.29, 0.717) is 25.9 Å². The molecule has 6 heteroatoms. The summed E-state index contributed by atoms with van der Waals surface area (Å²) in [6, 6.07) is 18.3. The fourth-order valence-corrected chi connectivity index (χ4v) is 4.84. The van der Waals surface area contributed by atoms with Gasteiger partial charge in [-0.15, -0.1) is 0 Å². The first-order valence-corrected chi connectivity index (χ1v) is 11.5. The van der Waals surface area contributed by atoms with Crippen LogP contribution >= 0.6 is 0 Å². The van der Waals surface area contributed by atoms with E-state index in [9.17, 15) is 14.4 Å². The SMILES string of the molecule is CCOC(=O)C(Cc1c2ccccc2cc2ccccc12)C(=O)C1CCN(C(=O)OC)CC1. The first kappa shape index (κ1) is 22.8. The highest BCUT2D eigenvalue weighted by Gasteiger charge is 2.36. The smallest absolute Gasteiger partial charge is 0.409 e. The van der Waals surface area contributed by atoms with Gasteiger partial charge in [-0.25, -0.2) is 4.79 Å². The van der Waals surface area contributed by atoms with Crippen LogP contribution in [0.5, 0.6) is 0 Å². The molecule has 1 heterocycles. The second-order valence-electron chi connectivity index (χ2n) is 8.44. The molecule has 0 bridgehead atoms. The normalized spacial score (nSPS) is 15.4. The molecule has 1 saturated heterocycles. The number of esters is 1. The summed E-state index contributed by atoms with van der Waals surface area (Å²) in [6.45, 7) is 2.85. The molecule has 1 amide bonds. The van der Waals surface area contributed by atoms with Crippen molar-refractivity contribution in [2.24, 2.45) is 11.8 Å². The lowest BCUT2D eigenvalue weighted by Gasteiger charge is -2.31. The Bertz CT molecular complexity index is 1130. The minimum atomic E-state index is -0.881. The molecule has 3 aromatic rings. The minimum absolute atomic E-state index is 0.102. The van der Waals surface area contributed by atoms with E-state index in [2.05, 4.69) is 18.2 Å². The number of carbonyl (C=O) groups excluding carboxylic acids is 3. The van der Waals surface area contributed by atoms with E-state index in [1.54, 1.807) is 11.8 Å². The van der Waals surface area contributed by atoms with Crippen molar-refractivity contribution < 1.29 is 23.9 Å². The molecule has 0 N–H and O–H groups in total. The number of ketones is 1. The molecule has 3 aromatic carbocycles. The van der Waals surface area contributed by atoms with Gasteiger partial charge in [0, 0.05) is 19.0 Å². The largest absolute Gasteiger partial charge is 0.465 e. The number of hydrogen-bond acceptors (Lipinski definition) is 5. The lowest BCUT2D eigenvalue weighted by molar-refractivity contribution is -0.153. The monoisotopic (exact) mass is 447 g/mol. The molecule has 172 valence electrons.